The fourth-order valence-corrected chi connectivity index (χ4v) is 3.25. The third-order valence-electron chi connectivity index (χ3n) is 4.05. The van der Waals surface area contributed by atoms with Gasteiger partial charge in [-0.3, -0.25) is 0 Å². The predicted molar refractivity (Wildman–Crippen MR) is 82.4 cm³/mol. The second-order valence-corrected chi connectivity index (χ2v) is 6.26. The molecule has 0 radical (unpaired) electrons. The van der Waals surface area contributed by atoms with Crippen LogP contribution in [0.15, 0.2) is 18.2 Å². The number of hydrogen-bond donors (Lipinski definition) is 0. The van der Waals surface area contributed by atoms with E-state index in [-0.39, 0.29) is 11.5 Å². The van der Waals surface area contributed by atoms with Gasteiger partial charge in [0, 0.05) is 12.6 Å². The highest BCUT2D eigenvalue weighted by Crippen LogP contribution is 2.34. The molecule has 1 aromatic heterocycles. The van der Waals surface area contributed by atoms with E-state index in [1.165, 1.54) is 0 Å². The van der Waals surface area contributed by atoms with Gasteiger partial charge in [0.1, 0.15) is 17.4 Å². The predicted octanol–water partition coefficient (Wildman–Crippen LogP) is 3.95. The lowest BCUT2D eigenvalue weighted by atomic mass is 10.0. The minimum Gasteiger partial charge on any atom is -0.378 e. The first-order valence-electron chi connectivity index (χ1n) is 7.28. The first-order valence-corrected chi connectivity index (χ1v) is 7.72. The topological polar surface area (TPSA) is 50.8 Å². The first kappa shape index (κ1) is 14.4. The van der Waals surface area contributed by atoms with E-state index in [0.717, 1.165) is 36.3 Å². The van der Waals surface area contributed by atoms with Crippen LogP contribution in [0.1, 0.15) is 49.5 Å². The number of nitrogens with zero attached hydrogens (tertiary/aromatic N) is 3. The summed E-state index contributed by atoms with van der Waals surface area (Å²) in [5.74, 6) is 0.841. The molecule has 1 aliphatic heterocycles. The van der Waals surface area contributed by atoms with Gasteiger partial charge in [-0.25, -0.2) is 4.98 Å². The largest absolute Gasteiger partial charge is 0.378 e. The Labute approximate surface area is 129 Å². The smallest absolute Gasteiger partial charge is 0.128 e. The molecule has 1 fully saturated rings. The van der Waals surface area contributed by atoms with Crippen molar-refractivity contribution in [1.29, 1.82) is 5.26 Å². The number of benzene rings is 1. The maximum absolute atomic E-state index is 9.27. The zero-order valence-corrected chi connectivity index (χ0v) is 13.0. The number of alkyl halides is 1. The van der Waals surface area contributed by atoms with E-state index in [4.69, 9.17) is 16.3 Å². The van der Waals surface area contributed by atoms with Crippen LogP contribution in [0.5, 0.6) is 0 Å². The van der Waals surface area contributed by atoms with Crippen LogP contribution in [-0.2, 0) is 4.74 Å². The van der Waals surface area contributed by atoms with Gasteiger partial charge in [-0.05, 0) is 38.8 Å². The molecule has 5 heteroatoms. The number of hydrogen-bond acceptors (Lipinski definition) is 3. The Hall–Kier alpha value is -1.57. The van der Waals surface area contributed by atoms with Crippen molar-refractivity contribution in [3.8, 4) is 6.07 Å². The molecule has 0 N–H and O–H groups in total. The Morgan fingerprint density at radius 3 is 3.00 bits per heavy atom. The van der Waals surface area contributed by atoms with Crippen LogP contribution >= 0.6 is 11.6 Å². The zero-order chi connectivity index (χ0) is 15.0. The van der Waals surface area contributed by atoms with E-state index in [9.17, 15) is 5.26 Å². The van der Waals surface area contributed by atoms with Crippen molar-refractivity contribution in [2.45, 2.75) is 44.2 Å². The average Bonchev–Trinajstić information content (AvgIpc) is 2.86. The van der Waals surface area contributed by atoms with Crippen molar-refractivity contribution in [1.82, 2.24) is 9.55 Å². The maximum atomic E-state index is 9.27. The Morgan fingerprint density at radius 1 is 1.52 bits per heavy atom. The van der Waals surface area contributed by atoms with E-state index < -0.39 is 0 Å². The molecule has 4 nitrogen and oxygen atoms in total. The van der Waals surface area contributed by atoms with Crippen LogP contribution in [-0.4, -0.2) is 22.3 Å². The van der Waals surface area contributed by atoms with Gasteiger partial charge in [0.15, 0.2) is 0 Å². The number of nitriles is 1. The molecule has 110 valence electrons. The summed E-state index contributed by atoms with van der Waals surface area (Å²) in [5.41, 5.74) is 2.35. The van der Waals surface area contributed by atoms with Crippen LogP contribution in [0.3, 0.4) is 0 Å². The molecule has 3 atom stereocenters. The second kappa shape index (κ2) is 5.67. The van der Waals surface area contributed by atoms with Gasteiger partial charge in [0.2, 0.25) is 0 Å². The van der Waals surface area contributed by atoms with E-state index in [2.05, 4.69) is 22.5 Å². The summed E-state index contributed by atoms with van der Waals surface area (Å²) in [6, 6.07) is 8.27. The molecule has 0 aliphatic carbocycles. The Kier molecular flexibility index (Phi) is 3.88. The van der Waals surface area contributed by atoms with Gasteiger partial charge < -0.3 is 9.30 Å². The minimum absolute atomic E-state index is 0.193. The molecule has 0 amide bonds. The summed E-state index contributed by atoms with van der Waals surface area (Å²) >= 11 is 6.33. The van der Waals surface area contributed by atoms with Crippen molar-refractivity contribution < 1.29 is 4.74 Å². The molecule has 0 spiro atoms. The zero-order valence-electron chi connectivity index (χ0n) is 12.2. The van der Waals surface area contributed by atoms with Crippen molar-refractivity contribution >= 4 is 22.6 Å². The molecular weight excluding hydrogens is 286 g/mol. The Balaban J connectivity index is 2.19. The molecule has 0 saturated carbocycles. The number of aromatic nitrogens is 2. The van der Waals surface area contributed by atoms with E-state index in [1.807, 2.05) is 19.1 Å². The lowest BCUT2D eigenvalue weighted by molar-refractivity contribution is 0.00621. The van der Waals surface area contributed by atoms with E-state index in [1.54, 1.807) is 6.07 Å². The molecule has 1 aliphatic rings. The number of halogens is 1. The molecule has 3 unspecified atom stereocenters. The lowest BCUT2D eigenvalue weighted by Gasteiger charge is -2.30. The SMILES string of the molecule is CC1CC(n2c(C(C)Cl)nc3c(C#N)cccc32)CCO1. The number of ether oxygens (including phenoxy) is 1. The number of imidazole rings is 1. The standard InChI is InChI=1S/C16H18ClN3O/c1-10-8-13(6-7-21-10)20-14-5-3-4-12(9-18)15(14)19-16(20)11(2)17/h3-5,10-11,13H,6-8H2,1-2H3. The highest BCUT2D eigenvalue weighted by atomic mass is 35.5. The minimum atomic E-state index is -0.193. The van der Waals surface area contributed by atoms with Crippen LogP contribution in [0.25, 0.3) is 11.0 Å². The van der Waals surface area contributed by atoms with Crippen molar-refractivity contribution in [3.63, 3.8) is 0 Å². The lowest BCUT2D eigenvalue weighted by Crippen LogP contribution is -2.26. The quantitative estimate of drug-likeness (QED) is 0.789. The summed E-state index contributed by atoms with van der Waals surface area (Å²) in [6.45, 7) is 4.77. The summed E-state index contributed by atoms with van der Waals surface area (Å²) < 4.78 is 7.86. The fourth-order valence-electron chi connectivity index (χ4n) is 3.10. The van der Waals surface area contributed by atoms with Crippen molar-refractivity contribution in [2.24, 2.45) is 0 Å². The van der Waals surface area contributed by atoms with Gasteiger partial charge in [0.25, 0.3) is 0 Å². The Morgan fingerprint density at radius 2 is 2.33 bits per heavy atom. The second-order valence-electron chi connectivity index (χ2n) is 5.60. The molecule has 1 aromatic carbocycles. The third kappa shape index (κ3) is 2.52. The maximum Gasteiger partial charge on any atom is 0.128 e. The van der Waals surface area contributed by atoms with Crippen LogP contribution < -0.4 is 0 Å². The molecule has 21 heavy (non-hydrogen) atoms. The van der Waals surface area contributed by atoms with Crippen molar-refractivity contribution in [3.05, 3.63) is 29.6 Å². The number of para-hydroxylation sites is 1. The van der Waals surface area contributed by atoms with Gasteiger partial charge in [0.05, 0.1) is 22.6 Å². The normalized spacial score (nSPS) is 23.9. The summed E-state index contributed by atoms with van der Waals surface area (Å²) in [4.78, 5) is 4.65. The van der Waals surface area contributed by atoms with Crippen LogP contribution in [0.4, 0.5) is 0 Å². The molecule has 0 bridgehead atoms. The van der Waals surface area contributed by atoms with Gasteiger partial charge in [-0.1, -0.05) is 6.07 Å². The highest BCUT2D eigenvalue weighted by molar-refractivity contribution is 6.20. The van der Waals surface area contributed by atoms with E-state index in [0.29, 0.717) is 11.6 Å². The number of fused-ring (bicyclic) bond motifs is 1. The summed E-state index contributed by atoms with van der Waals surface area (Å²) in [7, 11) is 0. The van der Waals surface area contributed by atoms with Crippen molar-refractivity contribution in [2.75, 3.05) is 6.61 Å². The third-order valence-corrected chi connectivity index (χ3v) is 4.24. The highest BCUT2D eigenvalue weighted by Gasteiger charge is 2.27. The average molecular weight is 304 g/mol. The van der Waals surface area contributed by atoms with Crippen LogP contribution in [0, 0.1) is 11.3 Å². The molecular formula is C16H18ClN3O. The van der Waals surface area contributed by atoms with Crippen LogP contribution in [0.2, 0.25) is 0 Å². The van der Waals surface area contributed by atoms with Gasteiger partial charge >= 0.3 is 0 Å². The monoisotopic (exact) mass is 303 g/mol. The van der Waals surface area contributed by atoms with E-state index >= 15 is 0 Å². The molecule has 1 saturated heterocycles. The fraction of sp³-hybridized carbons (Fsp3) is 0.500. The molecule has 2 aromatic rings. The summed E-state index contributed by atoms with van der Waals surface area (Å²) in [6.07, 6.45) is 2.13. The molecule has 3 rings (SSSR count). The Bertz CT molecular complexity index is 701. The summed E-state index contributed by atoms with van der Waals surface area (Å²) in [5, 5.41) is 9.08. The van der Waals surface area contributed by atoms with Gasteiger partial charge in [-0.2, -0.15) is 5.26 Å². The van der Waals surface area contributed by atoms with Gasteiger partial charge in [-0.15, -0.1) is 11.6 Å². The molecule has 2 heterocycles. The number of rotatable bonds is 2. The first-order chi connectivity index (χ1) is 10.1.